The number of anilines is 2. The molecule has 2 aliphatic rings. The molecule has 0 bridgehead atoms. The van der Waals surface area contributed by atoms with Gasteiger partial charge >= 0.3 is 0 Å². The third-order valence-corrected chi connectivity index (χ3v) is 6.06. The molecule has 1 N–H and O–H groups in total. The van der Waals surface area contributed by atoms with Crippen LogP contribution in [-0.2, 0) is 11.3 Å². The van der Waals surface area contributed by atoms with Gasteiger partial charge in [0.1, 0.15) is 17.6 Å². The fourth-order valence-electron chi connectivity index (χ4n) is 4.80. The van der Waals surface area contributed by atoms with Crippen molar-refractivity contribution in [2.45, 2.75) is 39.3 Å². The molecular formula is C26H25FN2O2. The molecule has 3 aromatic rings. The van der Waals surface area contributed by atoms with Crippen molar-refractivity contribution < 1.29 is 13.6 Å². The number of carbonyl (C=O) groups is 1. The molecule has 31 heavy (non-hydrogen) atoms. The molecule has 2 heterocycles. The second kappa shape index (κ2) is 7.41. The maximum absolute atomic E-state index is 14.0. The van der Waals surface area contributed by atoms with Crippen molar-refractivity contribution in [2.24, 2.45) is 5.41 Å². The van der Waals surface area contributed by atoms with Crippen molar-refractivity contribution in [1.29, 1.82) is 0 Å². The van der Waals surface area contributed by atoms with Gasteiger partial charge in [0.15, 0.2) is 5.78 Å². The van der Waals surface area contributed by atoms with Crippen LogP contribution in [0, 0.1) is 11.2 Å². The van der Waals surface area contributed by atoms with E-state index in [-0.39, 0.29) is 17.0 Å². The smallest absolute Gasteiger partial charge is 0.163 e. The van der Waals surface area contributed by atoms with Crippen molar-refractivity contribution in [1.82, 2.24) is 0 Å². The fourth-order valence-corrected chi connectivity index (χ4v) is 4.80. The van der Waals surface area contributed by atoms with E-state index in [0.717, 1.165) is 34.6 Å². The molecule has 5 rings (SSSR count). The number of furan rings is 1. The number of hydrogen-bond acceptors (Lipinski definition) is 4. The minimum absolute atomic E-state index is 0.122. The van der Waals surface area contributed by atoms with E-state index in [0.29, 0.717) is 18.7 Å². The van der Waals surface area contributed by atoms with Crippen LogP contribution in [0.4, 0.5) is 15.8 Å². The Morgan fingerprint density at radius 2 is 1.94 bits per heavy atom. The Balaban J connectivity index is 1.72. The predicted molar refractivity (Wildman–Crippen MR) is 119 cm³/mol. The summed E-state index contributed by atoms with van der Waals surface area (Å²) < 4.78 is 19.8. The minimum Gasteiger partial charge on any atom is -0.467 e. The van der Waals surface area contributed by atoms with Gasteiger partial charge in [-0.15, -0.1) is 0 Å². The molecule has 1 aliphatic carbocycles. The molecule has 0 saturated carbocycles. The van der Waals surface area contributed by atoms with Crippen LogP contribution >= 0.6 is 0 Å². The van der Waals surface area contributed by atoms with Crippen LogP contribution in [0.5, 0.6) is 0 Å². The van der Waals surface area contributed by atoms with Crippen molar-refractivity contribution in [3.63, 3.8) is 0 Å². The lowest BCUT2D eigenvalue weighted by molar-refractivity contribution is -0.118. The summed E-state index contributed by atoms with van der Waals surface area (Å²) in [4.78, 5) is 15.6. The van der Waals surface area contributed by atoms with E-state index in [1.807, 2.05) is 42.5 Å². The zero-order valence-electron chi connectivity index (χ0n) is 17.7. The zero-order chi connectivity index (χ0) is 21.6. The Bertz CT molecular complexity index is 1160. The number of nitrogens with zero attached hydrogens (tertiary/aromatic N) is 1. The van der Waals surface area contributed by atoms with Crippen molar-refractivity contribution in [3.8, 4) is 0 Å². The maximum atomic E-state index is 14.0. The highest BCUT2D eigenvalue weighted by Crippen LogP contribution is 2.48. The van der Waals surface area contributed by atoms with Crippen LogP contribution in [0.25, 0.3) is 0 Å². The number of benzene rings is 2. The van der Waals surface area contributed by atoms with Gasteiger partial charge in [0.25, 0.3) is 0 Å². The Morgan fingerprint density at radius 3 is 2.71 bits per heavy atom. The number of para-hydroxylation sites is 2. The number of fused-ring (bicyclic) bond motifs is 1. The van der Waals surface area contributed by atoms with Gasteiger partial charge in [0.05, 0.1) is 17.6 Å². The maximum Gasteiger partial charge on any atom is 0.163 e. The Kier molecular flexibility index (Phi) is 4.69. The van der Waals surface area contributed by atoms with Crippen LogP contribution in [0.2, 0.25) is 0 Å². The monoisotopic (exact) mass is 416 g/mol. The second-order valence-electron chi connectivity index (χ2n) is 9.15. The van der Waals surface area contributed by atoms with Gasteiger partial charge < -0.3 is 14.6 Å². The molecule has 0 amide bonds. The van der Waals surface area contributed by atoms with Crippen molar-refractivity contribution >= 4 is 17.2 Å². The number of rotatable bonds is 3. The predicted octanol–water partition coefficient (Wildman–Crippen LogP) is 6.24. The normalized spacial score (nSPS) is 20.0. The number of nitrogens with one attached hydrogen (secondary N) is 1. The minimum atomic E-state index is -0.395. The quantitative estimate of drug-likeness (QED) is 0.549. The molecule has 0 saturated heterocycles. The standard InChI is InChI=1S/C26H25FN2O2/c1-26(2)14-20-24(22(30)15-26)25(23-11-6-12-31-23)29(16-17-7-5-8-18(27)13-17)21-10-4-3-9-19(21)28-20/h3-13,25,28H,14-16H2,1-2H3/t25-/m0/s1. The van der Waals surface area contributed by atoms with E-state index in [1.54, 1.807) is 18.4 Å². The first-order valence-electron chi connectivity index (χ1n) is 10.6. The highest BCUT2D eigenvalue weighted by molar-refractivity contribution is 6.01. The van der Waals surface area contributed by atoms with Crippen LogP contribution in [-0.4, -0.2) is 5.78 Å². The highest BCUT2D eigenvalue weighted by Gasteiger charge is 2.42. The summed E-state index contributed by atoms with van der Waals surface area (Å²) in [6.45, 7) is 4.69. The van der Waals surface area contributed by atoms with E-state index in [4.69, 9.17) is 4.42 Å². The van der Waals surface area contributed by atoms with Gasteiger partial charge in [-0.2, -0.15) is 0 Å². The summed E-state index contributed by atoms with van der Waals surface area (Å²) in [5.41, 5.74) is 4.28. The Hall–Kier alpha value is -3.34. The second-order valence-corrected chi connectivity index (χ2v) is 9.15. The SMILES string of the molecule is CC1(C)CC(=O)C2=C(C1)Nc1ccccc1N(Cc1cccc(F)c1)[C@H]2c1ccco1. The molecule has 1 atom stereocenters. The number of Topliss-reactive ketones (excluding diaryl/α,β-unsaturated/α-hetero) is 1. The largest absolute Gasteiger partial charge is 0.467 e. The summed E-state index contributed by atoms with van der Waals surface area (Å²) in [6, 6.07) is 18.0. The first-order chi connectivity index (χ1) is 14.9. The lowest BCUT2D eigenvalue weighted by Crippen LogP contribution is -2.35. The number of hydrogen-bond donors (Lipinski definition) is 1. The molecule has 0 unspecified atom stereocenters. The van der Waals surface area contributed by atoms with Crippen LogP contribution < -0.4 is 10.2 Å². The van der Waals surface area contributed by atoms with Gasteiger partial charge in [-0.3, -0.25) is 4.79 Å². The number of ketones is 1. The lowest BCUT2D eigenvalue weighted by Gasteiger charge is -2.37. The third kappa shape index (κ3) is 3.65. The van der Waals surface area contributed by atoms with Crippen LogP contribution in [0.1, 0.15) is 44.1 Å². The molecule has 0 radical (unpaired) electrons. The lowest BCUT2D eigenvalue weighted by atomic mass is 9.74. The van der Waals surface area contributed by atoms with E-state index >= 15 is 0 Å². The van der Waals surface area contributed by atoms with Crippen molar-refractivity contribution in [2.75, 3.05) is 10.2 Å². The molecule has 0 spiro atoms. The van der Waals surface area contributed by atoms with Gasteiger partial charge in [0.2, 0.25) is 0 Å². The van der Waals surface area contributed by atoms with Gasteiger partial charge in [-0.05, 0) is 53.8 Å². The van der Waals surface area contributed by atoms with Gasteiger partial charge in [-0.1, -0.05) is 38.1 Å². The molecule has 1 aromatic heterocycles. The fraction of sp³-hybridized carbons (Fsp3) is 0.269. The zero-order valence-corrected chi connectivity index (χ0v) is 17.7. The molecule has 158 valence electrons. The van der Waals surface area contributed by atoms with Gasteiger partial charge in [-0.25, -0.2) is 4.39 Å². The van der Waals surface area contributed by atoms with Gasteiger partial charge in [0, 0.05) is 24.2 Å². The van der Waals surface area contributed by atoms with Crippen LogP contribution in [0.3, 0.4) is 0 Å². The van der Waals surface area contributed by atoms with Crippen molar-refractivity contribution in [3.05, 3.63) is 95.3 Å². The number of allylic oxidation sites excluding steroid dienone is 1. The molecule has 1 aliphatic heterocycles. The summed E-state index contributed by atoms with van der Waals surface area (Å²) >= 11 is 0. The number of halogens is 1. The summed E-state index contributed by atoms with van der Waals surface area (Å²) in [6.07, 6.45) is 2.89. The van der Waals surface area contributed by atoms with E-state index in [9.17, 15) is 9.18 Å². The average Bonchev–Trinajstić information content (AvgIpc) is 3.19. The summed E-state index contributed by atoms with van der Waals surface area (Å²) in [7, 11) is 0. The van der Waals surface area contributed by atoms with E-state index in [2.05, 4.69) is 24.1 Å². The first kappa shape index (κ1) is 19.6. The van der Waals surface area contributed by atoms with E-state index in [1.165, 1.54) is 6.07 Å². The molecule has 2 aromatic carbocycles. The number of carbonyl (C=O) groups excluding carboxylic acids is 1. The molecular weight excluding hydrogens is 391 g/mol. The first-order valence-corrected chi connectivity index (χ1v) is 10.6. The topological polar surface area (TPSA) is 45.5 Å². The molecule has 4 nitrogen and oxygen atoms in total. The third-order valence-electron chi connectivity index (χ3n) is 6.06. The Morgan fingerprint density at radius 1 is 1.10 bits per heavy atom. The average molecular weight is 416 g/mol. The highest BCUT2D eigenvalue weighted by atomic mass is 19.1. The van der Waals surface area contributed by atoms with E-state index < -0.39 is 6.04 Å². The summed E-state index contributed by atoms with van der Waals surface area (Å²) in [5.74, 6) is 0.552. The summed E-state index contributed by atoms with van der Waals surface area (Å²) in [5, 5.41) is 3.57. The Labute approximate surface area is 181 Å². The van der Waals surface area contributed by atoms with Crippen LogP contribution in [0.15, 0.2) is 82.6 Å². The molecule has 0 fully saturated rings. The molecule has 5 heteroatoms.